The molecule has 1 fully saturated rings. The van der Waals surface area contributed by atoms with Crippen LogP contribution in [-0.4, -0.2) is 24.7 Å². The third-order valence-corrected chi connectivity index (χ3v) is 5.43. The normalized spacial score (nSPS) is 16.3. The third kappa shape index (κ3) is 3.04. The van der Waals surface area contributed by atoms with E-state index < -0.39 is 0 Å². The van der Waals surface area contributed by atoms with Gasteiger partial charge in [0.1, 0.15) is 11.6 Å². The first-order chi connectivity index (χ1) is 12.7. The highest BCUT2D eigenvalue weighted by molar-refractivity contribution is 5.86. The van der Waals surface area contributed by atoms with Gasteiger partial charge < -0.3 is 5.32 Å². The van der Waals surface area contributed by atoms with E-state index in [4.69, 9.17) is 9.97 Å². The quantitative estimate of drug-likeness (QED) is 0.743. The van der Waals surface area contributed by atoms with Crippen molar-refractivity contribution in [2.75, 3.05) is 5.32 Å². The molecule has 136 valence electrons. The van der Waals surface area contributed by atoms with Crippen LogP contribution in [0, 0.1) is 6.92 Å². The summed E-state index contributed by atoms with van der Waals surface area (Å²) in [6.45, 7) is 4.28. The molecule has 1 atom stereocenters. The number of hydrogen-bond acceptors (Lipinski definition) is 5. The molecule has 1 unspecified atom stereocenters. The average molecular weight is 350 g/mol. The van der Waals surface area contributed by atoms with Gasteiger partial charge >= 0.3 is 0 Å². The number of nitrogens with zero attached hydrogens (tertiary/aromatic N) is 5. The lowest BCUT2D eigenvalue weighted by molar-refractivity contribution is 0.662. The molecule has 0 aromatic carbocycles. The zero-order valence-electron chi connectivity index (χ0n) is 15.7. The number of rotatable bonds is 5. The van der Waals surface area contributed by atoms with E-state index in [1.54, 1.807) is 0 Å². The van der Waals surface area contributed by atoms with Crippen molar-refractivity contribution in [2.45, 2.75) is 57.9 Å². The molecule has 0 spiro atoms. The monoisotopic (exact) mass is 350 g/mol. The lowest BCUT2D eigenvalue weighted by atomic mass is 10.1. The minimum absolute atomic E-state index is 0.117. The first-order valence-corrected chi connectivity index (χ1v) is 9.55. The maximum Gasteiger partial charge on any atom is 0.163 e. The van der Waals surface area contributed by atoms with Crippen molar-refractivity contribution in [2.24, 2.45) is 7.05 Å². The molecule has 4 rings (SSSR count). The molecule has 3 aromatic rings. The Balaban J connectivity index is 1.75. The van der Waals surface area contributed by atoms with Crippen LogP contribution in [0.15, 0.2) is 24.5 Å². The van der Waals surface area contributed by atoms with Crippen molar-refractivity contribution in [1.29, 1.82) is 0 Å². The largest absolute Gasteiger partial charge is 0.361 e. The van der Waals surface area contributed by atoms with Crippen molar-refractivity contribution in [3.63, 3.8) is 0 Å². The lowest BCUT2D eigenvalue weighted by Crippen LogP contribution is -2.15. The molecule has 0 bridgehead atoms. The van der Waals surface area contributed by atoms with Gasteiger partial charge in [-0.15, -0.1) is 0 Å². The van der Waals surface area contributed by atoms with Gasteiger partial charge in [0.25, 0.3) is 0 Å². The third-order valence-electron chi connectivity index (χ3n) is 5.43. The van der Waals surface area contributed by atoms with Gasteiger partial charge in [-0.05, 0) is 37.8 Å². The number of fused-ring (bicyclic) bond motifs is 1. The average Bonchev–Trinajstić information content (AvgIpc) is 3.31. The molecule has 0 amide bonds. The van der Waals surface area contributed by atoms with Gasteiger partial charge in [0, 0.05) is 19.2 Å². The molecule has 1 saturated carbocycles. The van der Waals surface area contributed by atoms with Crippen LogP contribution in [0.3, 0.4) is 0 Å². The Labute approximate surface area is 154 Å². The van der Waals surface area contributed by atoms with E-state index in [0.29, 0.717) is 5.92 Å². The Morgan fingerprint density at radius 3 is 2.81 bits per heavy atom. The van der Waals surface area contributed by atoms with Gasteiger partial charge in [-0.25, -0.2) is 9.97 Å². The van der Waals surface area contributed by atoms with Crippen molar-refractivity contribution in [3.8, 4) is 0 Å². The molecule has 1 aliphatic carbocycles. The van der Waals surface area contributed by atoms with Crippen LogP contribution in [0.1, 0.15) is 68.1 Å². The fourth-order valence-electron chi connectivity index (χ4n) is 3.91. The van der Waals surface area contributed by atoms with E-state index in [9.17, 15) is 0 Å². The maximum absolute atomic E-state index is 4.94. The number of aromatic nitrogens is 5. The Morgan fingerprint density at radius 1 is 1.27 bits per heavy atom. The van der Waals surface area contributed by atoms with Crippen molar-refractivity contribution < 1.29 is 0 Å². The standard InChI is InChI=1S/C20H26N6/c1-4-16(17-13(2)8-7-11-21-17)23-19-15-12-22-26(3)20(15)25-18(24-19)14-9-5-6-10-14/h7-8,11-12,14,16H,4-6,9-10H2,1-3H3,(H,23,24,25). The van der Waals surface area contributed by atoms with Crippen LogP contribution in [0.4, 0.5) is 5.82 Å². The topological polar surface area (TPSA) is 68.5 Å². The fourth-order valence-corrected chi connectivity index (χ4v) is 3.91. The second-order valence-corrected chi connectivity index (χ2v) is 7.23. The smallest absolute Gasteiger partial charge is 0.163 e. The van der Waals surface area contributed by atoms with E-state index in [-0.39, 0.29) is 6.04 Å². The number of nitrogens with one attached hydrogen (secondary N) is 1. The zero-order valence-corrected chi connectivity index (χ0v) is 15.7. The van der Waals surface area contributed by atoms with E-state index in [0.717, 1.165) is 34.8 Å². The predicted octanol–water partition coefficient (Wildman–Crippen LogP) is 4.29. The summed E-state index contributed by atoms with van der Waals surface area (Å²) in [5, 5.41) is 9.02. The molecule has 1 aliphatic rings. The van der Waals surface area contributed by atoms with Crippen LogP contribution < -0.4 is 5.32 Å². The molecule has 6 nitrogen and oxygen atoms in total. The first kappa shape index (κ1) is 16.9. The second-order valence-electron chi connectivity index (χ2n) is 7.23. The predicted molar refractivity (Wildman–Crippen MR) is 103 cm³/mol. The highest BCUT2D eigenvalue weighted by Crippen LogP contribution is 2.35. The van der Waals surface area contributed by atoms with Crippen LogP contribution in [0.5, 0.6) is 0 Å². The Kier molecular flexibility index (Phi) is 4.57. The summed E-state index contributed by atoms with van der Waals surface area (Å²) in [6.07, 6.45) is 9.54. The van der Waals surface area contributed by atoms with E-state index in [1.807, 2.05) is 30.2 Å². The second kappa shape index (κ2) is 7.02. The molecule has 0 aliphatic heterocycles. The van der Waals surface area contributed by atoms with Gasteiger partial charge in [-0.2, -0.15) is 5.10 Å². The summed E-state index contributed by atoms with van der Waals surface area (Å²) in [7, 11) is 1.94. The summed E-state index contributed by atoms with van der Waals surface area (Å²) in [5.74, 6) is 2.29. The number of aryl methyl sites for hydroxylation is 2. The number of pyridine rings is 1. The van der Waals surface area contributed by atoms with Crippen LogP contribution in [-0.2, 0) is 7.05 Å². The Bertz CT molecular complexity index is 910. The number of hydrogen-bond donors (Lipinski definition) is 1. The summed E-state index contributed by atoms with van der Waals surface area (Å²) >= 11 is 0. The molecule has 3 aromatic heterocycles. The summed E-state index contributed by atoms with van der Waals surface area (Å²) < 4.78 is 1.84. The fraction of sp³-hybridized carbons (Fsp3) is 0.500. The van der Waals surface area contributed by atoms with Gasteiger partial charge in [0.05, 0.1) is 23.3 Å². The van der Waals surface area contributed by atoms with Crippen LogP contribution in [0.2, 0.25) is 0 Å². The van der Waals surface area contributed by atoms with Gasteiger partial charge in [0.2, 0.25) is 0 Å². The highest BCUT2D eigenvalue weighted by atomic mass is 15.3. The van der Waals surface area contributed by atoms with Gasteiger partial charge in [-0.1, -0.05) is 25.8 Å². The first-order valence-electron chi connectivity index (χ1n) is 9.55. The van der Waals surface area contributed by atoms with Crippen molar-refractivity contribution in [3.05, 3.63) is 41.6 Å². The zero-order chi connectivity index (χ0) is 18.1. The Morgan fingerprint density at radius 2 is 2.08 bits per heavy atom. The van der Waals surface area contributed by atoms with Crippen LogP contribution in [0.25, 0.3) is 11.0 Å². The SMILES string of the molecule is CCC(Nc1nc(C2CCCC2)nc2c1cnn2C)c1ncccc1C. The maximum atomic E-state index is 4.94. The van der Waals surface area contributed by atoms with E-state index >= 15 is 0 Å². The summed E-state index contributed by atoms with van der Waals surface area (Å²) in [4.78, 5) is 14.4. The van der Waals surface area contributed by atoms with E-state index in [2.05, 4.69) is 35.3 Å². The Hall–Kier alpha value is -2.50. The van der Waals surface area contributed by atoms with Gasteiger partial charge in [-0.3, -0.25) is 9.67 Å². The molecular weight excluding hydrogens is 324 g/mol. The molecule has 26 heavy (non-hydrogen) atoms. The van der Waals surface area contributed by atoms with Crippen LogP contribution >= 0.6 is 0 Å². The molecule has 0 saturated heterocycles. The molecular formula is C20H26N6. The summed E-state index contributed by atoms with van der Waals surface area (Å²) in [5.41, 5.74) is 3.17. The molecule has 0 radical (unpaired) electrons. The minimum Gasteiger partial charge on any atom is -0.361 e. The van der Waals surface area contributed by atoms with Crippen molar-refractivity contribution >= 4 is 16.9 Å². The number of anilines is 1. The van der Waals surface area contributed by atoms with E-state index in [1.165, 1.54) is 31.2 Å². The minimum atomic E-state index is 0.117. The highest BCUT2D eigenvalue weighted by Gasteiger charge is 2.23. The molecule has 3 heterocycles. The lowest BCUT2D eigenvalue weighted by Gasteiger charge is -2.20. The summed E-state index contributed by atoms with van der Waals surface area (Å²) in [6, 6.07) is 4.20. The van der Waals surface area contributed by atoms with Gasteiger partial charge in [0.15, 0.2) is 5.65 Å². The molecule has 6 heteroatoms. The van der Waals surface area contributed by atoms with Crippen molar-refractivity contribution in [1.82, 2.24) is 24.7 Å². The molecule has 1 N–H and O–H groups in total.